The van der Waals surface area contributed by atoms with Crippen molar-refractivity contribution in [2.45, 2.75) is 18.8 Å². The minimum absolute atomic E-state index is 0.782. The van der Waals surface area contributed by atoms with Gasteiger partial charge in [0.1, 0.15) is 0 Å². The molecule has 0 unspecified atom stereocenters. The molecule has 1 fully saturated rings. The summed E-state index contributed by atoms with van der Waals surface area (Å²) in [5, 5.41) is 4.24. The van der Waals surface area contributed by atoms with E-state index in [1.54, 1.807) is 0 Å². The minimum atomic E-state index is 0.782. The smallest absolute Gasteiger partial charge is 0.0803 e. The molecule has 2 nitrogen and oxygen atoms in total. The third kappa shape index (κ3) is 1.18. The van der Waals surface area contributed by atoms with E-state index in [4.69, 9.17) is 0 Å². The van der Waals surface area contributed by atoms with E-state index in [2.05, 4.69) is 33.3 Å². The molecule has 2 heterocycles. The number of fused-ring (bicyclic) bond motifs is 1. The third-order valence-electron chi connectivity index (χ3n) is 2.53. The predicted octanol–water partition coefficient (Wildman–Crippen LogP) is 2.97. The largest absolute Gasteiger partial charge is 0.240 e. The molecule has 2 aromatic heterocycles. The summed E-state index contributed by atoms with van der Waals surface area (Å²) in [5.74, 6) is 0.782. The first kappa shape index (κ1) is 7.56. The van der Waals surface area contributed by atoms with Crippen molar-refractivity contribution >= 4 is 21.4 Å². The molecule has 3 heteroatoms. The van der Waals surface area contributed by atoms with Gasteiger partial charge in [0.15, 0.2) is 0 Å². The molecular weight excluding hydrogens is 228 g/mol. The molecule has 0 atom stereocenters. The average Bonchev–Trinajstić information content (AvgIpc) is 2.85. The van der Waals surface area contributed by atoms with Crippen molar-refractivity contribution in [1.29, 1.82) is 0 Å². The highest BCUT2D eigenvalue weighted by Crippen LogP contribution is 2.41. The van der Waals surface area contributed by atoms with Crippen LogP contribution in [-0.4, -0.2) is 9.61 Å². The lowest BCUT2D eigenvalue weighted by atomic mass is 10.2. The lowest BCUT2D eigenvalue weighted by Gasteiger charge is -2.01. The quantitative estimate of drug-likeness (QED) is 0.745. The Hall–Kier alpha value is -0.830. The maximum absolute atomic E-state index is 4.24. The predicted molar refractivity (Wildman–Crippen MR) is 54.9 cm³/mol. The van der Waals surface area contributed by atoms with Crippen LogP contribution >= 0.6 is 15.9 Å². The zero-order chi connectivity index (χ0) is 8.84. The topological polar surface area (TPSA) is 17.3 Å². The molecule has 0 aliphatic heterocycles. The monoisotopic (exact) mass is 236 g/mol. The highest BCUT2D eigenvalue weighted by atomic mass is 79.9. The van der Waals surface area contributed by atoms with Crippen LogP contribution in [0, 0.1) is 0 Å². The van der Waals surface area contributed by atoms with E-state index < -0.39 is 0 Å². The van der Waals surface area contributed by atoms with Gasteiger partial charge < -0.3 is 0 Å². The van der Waals surface area contributed by atoms with Gasteiger partial charge in [-0.2, -0.15) is 5.10 Å². The average molecular weight is 237 g/mol. The van der Waals surface area contributed by atoms with Gasteiger partial charge in [-0.1, -0.05) is 0 Å². The molecule has 1 aliphatic carbocycles. The summed E-state index contributed by atoms with van der Waals surface area (Å²) in [6.45, 7) is 0. The molecule has 13 heavy (non-hydrogen) atoms. The van der Waals surface area contributed by atoms with Crippen molar-refractivity contribution in [2.75, 3.05) is 0 Å². The van der Waals surface area contributed by atoms with Gasteiger partial charge in [-0.05, 0) is 52.4 Å². The number of rotatable bonds is 1. The van der Waals surface area contributed by atoms with Crippen molar-refractivity contribution in [2.24, 2.45) is 0 Å². The second-order valence-corrected chi connectivity index (χ2v) is 4.41. The normalized spacial score (nSPS) is 16.7. The molecule has 66 valence electrons. The van der Waals surface area contributed by atoms with E-state index in [0.29, 0.717) is 0 Å². The van der Waals surface area contributed by atoms with Crippen LogP contribution in [0.4, 0.5) is 0 Å². The molecule has 0 amide bonds. The number of nitrogens with zero attached hydrogens (tertiary/aromatic N) is 2. The number of halogens is 1. The van der Waals surface area contributed by atoms with Crippen molar-refractivity contribution in [3.63, 3.8) is 0 Å². The fourth-order valence-corrected chi connectivity index (χ4v) is 2.22. The molecule has 0 radical (unpaired) electrons. The SMILES string of the molecule is Brc1cc(C2CC2)cn2nccc12. The van der Waals surface area contributed by atoms with Crippen LogP contribution in [0.3, 0.4) is 0 Å². The van der Waals surface area contributed by atoms with Gasteiger partial charge in [-0.3, -0.25) is 0 Å². The van der Waals surface area contributed by atoms with Gasteiger partial charge in [0.05, 0.1) is 11.7 Å². The van der Waals surface area contributed by atoms with E-state index in [1.807, 2.05) is 16.8 Å². The Bertz CT molecular complexity index is 457. The van der Waals surface area contributed by atoms with Crippen molar-refractivity contribution in [3.05, 3.63) is 34.6 Å². The first-order chi connectivity index (χ1) is 6.34. The molecule has 1 saturated carbocycles. The van der Waals surface area contributed by atoms with Gasteiger partial charge >= 0.3 is 0 Å². The summed E-state index contributed by atoms with van der Waals surface area (Å²) in [5.41, 5.74) is 2.55. The van der Waals surface area contributed by atoms with Crippen LogP contribution < -0.4 is 0 Å². The summed E-state index contributed by atoms with van der Waals surface area (Å²) < 4.78 is 3.09. The number of hydrogen-bond acceptors (Lipinski definition) is 1. The summed E-state index contributed by atoms with van der Waals surface area (Å²) in [7, 11) is 0. The summed E-state index contributed by atoms with van der Waals surface area (Å²) >= 11 is 3.56. The van der Waals surface area contributed by atoms with Crippen LogP contribution in [0.15, 0.2) is 29.0 Å². The molecule has 0 bridgehead atoms. The Morgan fingerprint density at radius 2 is 2.31 bits per heavy atom. The molecule has 0 saturated heterocycles. The van der Waals surface area contributed by atoms with E-state index in [9.17, 15) is 0 Å². The minimum Gasteiger partial charge on any atom is -0.240 e. The van der Waals surface area contributed by atoms with Gasteiger partial charge in [-0.25, -0.2) is 4.52 Å². The third-order valence-corrected chi connectivity index (χ3v) is 3.16. The number of aromatic nitrogens is 2. The highest BCUT2D eigenvalue weighted by molar-refractivity contribution is 9.10. The lowest BCUT2D eigenvalue weighted by molar-refractivity contribution is 0.929. The van der Waals surface area contributed by atoms with E-state index >= 15 is 0 Å². The first-order valence-corrected chi connectivity index (χ1v) is 5.27. The van der Waals surface area contributed by atoms with Crippen LogP contribution in [0.25, 0.3) is 5.52 Å². The molecule has 0 N–H and O–H groups in total. The number of pyridine rings is 1. The number of hydrogen-bond donors (Lipinski definition) is 0. The molecule has 3 rings (SSSR count). The summed E-state index contributed by atoms with van der Waals surface area (Å²) in [6, 6.07) is 4.23. The maximum Gasteiger partial charge on any atom is 0.0803 e. The Morgan fingerprint density at radius 3 is 3.08 bits per heavy atom. The lowest BCUT2D eigenvalue weighted by Crippen LogP contribution is -1.90. The zero-order valence-corrected chi connectivity index (χ0v) is 8.66. The van der Waals surface area contributed by atoms with Crippen LogP contribution in [-0.2, 0) is 0 Å². The van der Waals surface area contributed by atoms with Gasteiger partial charge in [0, 0.05) is 10.7 Å². The fourth-order valence-electron chi connectivity index (χ4n) is 1.64. The standard InChI is InChI=1S/C10H9BrN2/c11-9-5-8(7-1-2-7)6-13-10(9)3-4-12-13/h3-7H,1-2H2. The van der Waals surface area contributed by atoms with E-state index in [-0.39, 0.29) is 0 Å². The first-order valence-electron chi connectivity index (χ1n) is 4.47. The molecule has 1 aliphatic rings. The Morgan fingerprint density at radius 1 is 1.46 bits per heavy atom. The summed E-state index contributed by atoms with van der Waals surface area (Å²) in [4.78, 5) is 0. The van der Waals surface area contributed by atoms with Crippen molar-refractivity contribution in [1.82, 2.24) is 9.61 Å². The maximum atomic E-state index is 4.24. The van der Waals surface area contributed by atoms with Gasteiger partial charge in [-0.15, -0.1) is 0 Å². The second-order valence-electron chi connectivity index (χ2n) is 3.56. The zero-order valence-electron chi connectivity index (χ0n) is 7.07. The van der Waals surface area contributed by atoms with E-state index in [1.165, 1.54) is 18.4 Å². The molecule has 0 aromatic carbocycles. The molecule has 2 aromatic rings. The van der Waals surface area contributed by atoms with Gasteiger partial charge in [0.25, 0.3) is 0 Å². The van der Waals surface area contributed by atoms with Crippen LogP contribution in [0.5, 0.6) is 0 Å². The fraction of sp³-hybridized carbons (Fsp3) is 0.300. The molecular formula is C10H9BrN2. The second kappa shape index (κ2) is 2.58. The van der Waals surface area contributed by atoms with Crippen molar-refractivity contribution < 1.29 is 0 Å². The van der Waals surface area contributed by atoms with Crippen LogP contribution in [0.2, 0.25) is 0 Å². The molecule has 0 spiro atoms. The van der Waals surface area contributed by atoms with Gasteiger partial charge in [0.2, 0.25) is 0 Å². The Labute approximate surface area is 84.7 Å². The Balaban J connectivity index is 2.27. The van der Waals surface area contributed by atoms with Crippen molar-refractivity contribution in [3.8, 4) is 0 Å². The van der Waals surface area contributed by atoms with E-state index in [0.717, 1.165) is 15.9 Å². The van der Waals surface area contributed by atoms with Crippen LogP contribution in [0.1, 0.15) is 24.3 Å². The summed E-state index contributed by atoms with van der Waals surface area (Å²) in [6.07, 6.45) is 6.63. The Kier molecular flexibility index (Phi) is 1.50. The highest BCUT2D eigenvalue weighted by Gasteiger charge is 2.24.